The van der Waals surface area contributed by atoms with Gasteiger partial charge in [-0.1, -0.05) is 0 Å². The van der Waals surface area contributed by atoms with E-state index < -0.39 is 17.4 Å². The predicted molar refractivity (Wildman–Crippen MR) is 63.6 cm³/mol. The van der Waals surface area contributed by atoms with Crippen molar-refractivity contribution in [3.63, 3.8) is 0 Å². The molecule has 0 atom stereocenters. The summed E-state index contributed by atoms with van der Waals surface area (Å²) in [4.78, 5) is 10.7. The number of hydrogen-bond donors (Lipinski definition) is 2. The second-order valence-electron chi connectivity index (χ2n) is 3.27. The zero-order chi connectivity index (χ0) is 14.5. The Balaban J connectivity index is 2.60. The fraction of sp³-hybridized carbons (Fsp3) is 0.300. The first-order chi connectivity index (χ1) is 8.78. The Kier molecular flexibility index (Phi) is 5.28. The topological polar surface area (TPSA) is 64.4 Å². The number of anilines is 1. The van der Waals surface area contributed by atoms with Gasteiger partial charge >= 0.3 is 11.5 Å². The summed E-state index contributed by atoms with van der Waals surface area (Å²) in [5.74, 6) is -1.08. The minimum atomic E-state index is -4.35. The third-order valence-electron chi connectivity index (χ3n) is 1.81. The summed E-state index contributed by atoms with van der Waals surface area (Å²) in [5.41, 5.74) is 0.632. The van der Waals surface area contributed by atoms with Crippen LogP contribution in [0.2, 0.25) is 0 Å². The van der Waals surface area contributed by atoms with Gasteiger partial charge < -0.3 is 15.8 Å². The molecule has 0 aliphatic heterocycles. The maximum atomic E-state index is 13.0. The molecule has 0 aliphatic carbocycles. The van der Waals surface area contributed by atoms with Crippen molar-refractivity contribution < 1.29 is 27.1 Å². The number of thioether (sulfide) groups is 1. The first-order valence-electron chi connectivity index (χ1n) is 4.97. The molecule has 0 saturated heterocycles. The van der Waals surface area contributed by atoms with Crippen LogP contribution < -0.4 is 15.8 Å². The van der Waals surface area contributed by atoms with Crippen LogP contribution in [-0.4, -0.2) is 23.9 Å². The fourth-order valence-electron chi connectivity index (χ4n) is 1.16. The third-order valence-corrected chi connectivity index (χ3v) is 2.51. The molecule has 19 heavy (non-hydrogen) atoms. The number of carbonyl (C=O) groups excluding carboxylic acids is 1. The lowest BCUT2D eigenvalue weighted by Crippen LogP contribution is -2.20. The summed E-state index contributed by atoms with van der Waals surface area (Å²) >= 11 is -0.254. The van der Waals surface area contributed by atoms with E-state index in [0.29, 0.717) is 0 Å². The lowest BCUT2D eigenvalue weighted by molar-refractivity contribution is -0.0329. The smallest absolute Gasteiger partial charge is 0.441 e. The first kappa shape index (κ1) is 15.4. The van der Waals surface area contributed by atoms with Crippen molar-refractivity contribution in [3.8, 4) is 5.75 Å². The van der Waals surface area contributed by atoms with E-state index in [0.717, 1.165) is 12.1 Å². The predicted octanol–water partition coefficient (Wildman–Crippen LogP) is 2.95. The van der Waals surface area contributed by atoms with Crippen molar-refractivity contribution in [3.05, 3.63) is 24.0 Å². The van der Waals surface area contributed by atoms with Crippen molar-refractivity contribution in [2.75, 3.05) is 17.7 Å². The van der Waals surface area contributed by atoms with Gasteiger partial charge in [-0.25, -0.2) is 9.18 Å². The van der Waals surface area contributed by atoms with Gasteiger partial charge in [0.05, 0.1) is 12.3 Å². The summed E-state index contributed by atoms with van der Waals surface area (Å²) < 4.78 is 53.6. The summed E-state index contributed by atoms with van der Waals surface area (Å²) in [7, 11) is 0. The van der Waals surface area contributed by atoms with Crippen LogP contribution in [0.15, 0.2) is 18.2 Å². The molecule has 1 aromatic rings. The highest BCUT2D eigenvalue weighted by atomic mass is 32.2. The van der Waals surface area contributed by atoms with Gasteiger partial charge in [0.2, 0.25) is 0 Å². The van der Waals surface area contributed by atoms with Crippen molar-refractivity contribution in [2.45, 2.75) is 5.51 Å². The molecule has 2 amide bonds. The minimum Gasteiger partial charge on any atom is -0.490 e. The number of nitrogens with two attached hydrogens (primary N) is 1. The van der Waals surface area contributed by atoms with Gasteiger partial charge in [0.15, 0.2) is 0 Å². The quantitative estimate of drug-likeness (QED) is 0.649. The van der Waals surface area contributed by atoms with Crippen LogP contribution in [0.5, 0.6) is 5.75 Å². The number of urea groups is 1. The van der Waals surface area contributed by atoms with Gasteiger partial charge in [-0.15, -0.1) is 0 Å². The highest BCUT2D eigenvalue weighted by molar-refractivity contribution is 8.00. The Morgan fingerprint density at radius 2 is 2.11 bits per heavy atom. The Labute approximate surface area is 110 Å². The van der Waals surface area contributed by atoms with Gasteiger partial charge in [0.1, 0.15) is 11.6 Å². The minimum absolute atomic E-state index is 0.0819. The summed E-state index contributed by atoms with van der Waals surface area (Å²) in [6, 6.07) is 2.32. The van der Waals surface area contributed by atoms with Gasteiger partial charge in [-0.05, 0) is 23.9 Å². The van der Waals surface area contributed by atoms with E-state index in [1.54, 1.807) is 0 Å². The number of hydrogen-bond acceptors (Lipinski definition) is 3. The van der Waals surface area contributed by atoms with Crippen LogP contribution in [0.25, 0.3) is 0 Å². The largest absolute Gasteiger partial charge is 0.490 e. The van der Waals surface area contributed by atoms with Crippen LogP contribution in [0.1, 0.15) is 0 Å². The molecule has 3 N–H and O–H groups in total. The van der Waals surface area contributed by atoms with Crippen molar-refractivity contribution in [1.29, 1.82) is 0 Å². The van der Waals surface area contributed by atoms with Crippen LogP contribution in [0, 0.1) is 5.82 Å². The van der Waals surface area contributed by atoms with Gasteiger partial charge in [0.25, 0.3) is 0 Å². The zero-order valence-corrected chi connectivity index (χ0v) is 10.3. The number of amides is 2. The van der Waals surface area contributed by atoms with E-state index in [9.17, 15) is 22.4 Å². The Hall–Kier alpha value is -1.64. The summed E-state index contributed by atoms with van der Waals surface area (Å²) in [6.45, 7) is -0.291. The molecule has 0 fully saturated rings. The third kappa shape index (κ3) is 6.18. The maximum Gasteiger partial charge on any atom is 0.441 e. The lowest BCUT2D eigenvalue weighted by Gasteiger charge is -2.12. The molecule has 0 unspecified atom stereocenters. The number of halogens is 4. The average Bonchev–Trinajstić information content (AvgIpc) is 2.26. The molecule has 4 nitrogen and oxygen atoms in total. The lowest BCUT2D eigenvalue weighted by atomic mass is 10.3. The summed E-state index contributed by atoms with van der Waals surface area (Å²) in [5, 5.41) is 2.18. The van der Waals surface area contributed by atoms with E-state index >= 15 is 0 Å². The second kappa shape index (κ2) is 6.50. The number of primary amides is 1. The normalized spacial score (nSPS) is 11.2. The monoisotopic (exact) mass is 298 g/mol. The maximum absolute atomic E-state index is 13.0. The zero-order valence-electron chi connectivity index (χ0n) is 9.46. The van der Waals surface area contributed by atoms with Crippen molar-refractivity contribution in [1.82, 2.24) is 0 Å². The number of benzene rings is 1. The van der Waals surface area contributed by atoms with E-state index in [1.165, 1.54) is 6.07 Å². The molecule has 0 aliphatic rings. The Bertz CT molecular complexity index is 454. The number of carbonyl (C=O) groups is 1. The second-order valence-corrected chi connectivity index (χ2v) is 4.43. The van der Waals surface area contributed by atoms with Crippen LogP contribution in [0.3, 0.4) is 0 Å². The molecule has 9 heteroatoms. The highest BCUT2D eigenvalue weighted by Crippen LogP contribution is 2.30. The van der Waals surface area contributed by atoms with Gasteiger partial charge in [0, 0.05) is 11.8 Å². The van der Waals surface area contributed by atoms with Crippen LogP contribution in [0.4, 0.5) is 28.0 Å². The molecule has 0 heterocycles. The Morgan fingerprint density at radius 1 is 1.42 bits per heavy atom. The van der Waals surface area contributed by atoms with E-state index in [4.69, 9.17) is 10.5 Å². The molecule has 1 rings (SSSR count). The van der Waals surface area contributed by atoms with Gasteiger partial charge in [-0.2, -0.15) is 13.2 Å². The summed E-state index contributed by atoms with van der Waals surface area (Å²) in [6.07, 6.45) is 0. The van der Waals surface area contributed by atoms with Gasteiger partial charge in [-0.3, -0.25) is 0 Å². The first-order valence-corrected chi connectivity index (χ1v) is 5.96. The molecule has 0 radical (unpaired) electrons. The van der Waals surface area contributed by atoms with E-state index in [-0.39, 0.29) is 35.6 Å². The molecular formula is C10H10F4N2O2S. The fourth-order valence-corrected chi connectivity index (χ4v) is 1.56. The van der Waals surface area contributed by atoms with Crippen molar-refractivity contribution in [2.24, 2.45) is 5.73 Å². The molecule has 0 bridgehead atoms. The number of alkyl halides is 3. The van der Waals surface area contributed by atoms with E-state index in [2.05, 4.69) is 5.32 Å². The Morgan fingerprint density at radius 3 is 2.68 bits per heavy atom. The molecule has 0 spiro atoms. The van der Waals surface area contributed by atoms with E-state index in [1.807, 2.05) is 0 Å². The number of ether oxygens (including phenoxy) is 1. The molecule has 0 aromatic heterocycles. The average molecular weight is 298 g/mol. The molecule has 106 valence electrons. The van der Waals surface area contributed by atoms with Crippen LogP contribution >= 0.6 is 11.8 Å². The molecule has 0 saturated carbocycles. The highest BCUT2D eigenvalue weighted by Gasteiger charge is 2.27. The molecule has 1 aromatic carbocycles. The SMILES string of the molecule is NC(=O)Nc1ccc(F)cc1OCCSC(F)(F)F. The van der Waals surface area contributed by atoms with Crippen LogP contribution in [-0.2, 0) is 0 Å². The standard InChI is InChI=1S/C10H10F4N2O2S/c11-6-1-2-7(16-9(15)17)8(5-6)18-3-4-19-10(12,13)14/h1-2,5H,3-4H2,(H3,15,16,17). The molecular weight excluding hydrogens is 288 g/mol. The number of nitrogens with one attached hydrogen (secondary N) is 1. The number of rotatable bonds is 5. The van der Waals surface area contributed by atoms with Crippen molar-refractivity contribution >= 4 is 23.5 Å².